The van der Waals surface area contributed by atoms with Crippen LogP contribution in [0.3, 0.4) is 0 Å². The number of hydrogen-bond acceptors (Lipinski definition) is 5. The molecular weight excluding hydrogens is 410 g/mol. The Bertz CT molecular complexity index is 1020. The SMILES string of the molecule is COC(=O)c1ccc(Cl)cc1NC(=O)N1CCC2(CC1)NC(=O)c1ccccc1O2. The number of hydrogen-bond donors (Lipinski definition) is 2. The number of anilines is 1. The molecule has 0 aromatic heterocycles. The number of piperidine rings is 1. The van der Waals surface area contributed by atoms with Crippen LogP contribution in [-0.2, 0) is 4.74 Å². The fourth-order valence-corrected chi connectivity index (χ4v) is 3.83. The predicted molar refractivity (Wildman–Crippen MR) is 110 cm³/mol. The Balaban J connectivity index is 1.44. The van der Waals surface area contributed by atoms with Crippen molar-refractivity contribution < 1.29 is 23.9 Å². The molecule has 1 spiro atoms. The molecule has 1 fully saturated rings. The molecule has 2 N–H and O–H groups in total. The van der Waals surface area contributed by atoms with Crippen molar-refractivity contribution in [1.82, 2.24) is 10.2 Å². The topological polar surface area (TPSA) is 97.0 Å². The second-order valence-corrected chi connectivity index (χ2v) is 7.58. The number of carbonyl (C=O) groups excluding carboxylic acids is 3. The number of nitrogens with one attached hydrogen (secondary N) is 2. The summed E-state index contributed by atoms with van der Waals surface area (Å²) in [7, 11) is 1.27. The van der Waals surface area contributed by atoms with Crippen molar-refractivity contribution in [2.75, 3.05) is 25.5 Å². The highest BCUT2D eigenvalue weighted by Crippen LogP contribution is 2.33. The number of amides is 3. The van der Waals surface area contributed by atoms with Crippen LogP contribution in [0.15, 0.2) is 42.5 Å². The first-order valence-electron chi connectivity index (χ1n) is 9.45. The van der Waals surface area contributed by atoms with Gasteiger partial charge in [-0.15, -0.1) is 0 Å². The number of esters is 1. The lowest BCUT2D eigenvalue weighted by Gasteiger charge is -2.44. The number of fused-ring (bicyclic) bond motifs is 1. The van der Waals surface area contributed by atoms with Crippen molar-refractivity contribution in [3.8, 4) is 5.75 Å². The van der Waals surface area contributed by atoms with Gasteiger partial charge in [0.2, 0.25) is 0 Å². The molecule has 2 aromatic carbocycles. The number of benzene rings is 2. The van der Waals surface area contributed by atoms with Crippen molar-refractivity contribution in [3.63, 3.8) is 0 Å². The average molecular weight is 430 g/mol. The number of ether oxygens (including phenoxy) is 2. The summed E-state index contributed by atoms with van der Waals surface area (Å²) in [5.74, 6) is -0.214. The van der Waals surface area contributed by atoms with Gasteiger partial charge in [-0.3, -0.25) is 4.79 Å². The Kier molecular flexibility index (Phi) is 5.26. The van der Waals surface area contributed by atoms with Gasteiger partial charge in [0.05, 0.1) is 23.9 Å². The Morgan fingerprint density at radius 3 is 2.67 bits per heavy atom. The average Bonchev–Trinajstić information content (AvgIpc) is 2.74. The van der Waals surface area contributed by atoms with Gasteiger partial charge in [-0.05, 0) is 30.3 Å². The molecule has 0 aliphatic carbocycles. The minimum absolute atomic E-state index is 0.184. The fraction of sp³-hybridized carbons (Fsp3) is 0.286. The molecule has 0 saturated carbocycles. The number of carbonyl (C=O) groups is 3. The van der Waals surface area contributed by atoms with E-state index < -0.39 is 11.7 Å². The number of likely N-dealkylation sites (tertiary alicyclic amines) is 1. The quantitative estimate of drug-likeness (QED) is 0.714. The lowest BCUT2D eigenvalue weighted by atomic mass is 9.97. The maximum atomic E-state index is 12.8. The lowest BCUT2D eigenvalue weighted by Crippen LogP contribution is -2.61. The molecule has 9 heteroatoms. The summed E-state index contributed by atoms with van der Waals surface area (Å²) in [4.78, 5) is 38.8. The van der Waals surface area contributed by atoms with Crippen LogP contribution in [-0.4, -0.2) is 48.7 Å². The van der Waals surface area contributed by atoms with E-state index in [0.29, 0.717) is 42.3 Å². The summed E-state index contributed by atoms with van der Waals surface area (Å²) in [6, 6.07) is 11.3. The van der Waals surface area contributed by atoms with E-state index in [0.717, 1.165) is 0 Å². The van der Waals surface area contributed by atoms with Crippen molar-refractivity contribution in [2.24, 2.45) is 0 Å². The molecule has 2 aliphatic rings. The maximum absolute atomic E-state index is 12.8. The number of rotatable bonds is 2. The smallest absolute Gasteiger partial charge is 0.339 e. The minimum atomic E-state index is -0.838. The zero-order valence-corrected chi connectivity index (χ0v) is 17.0. The van der Waals surface area contributed by atoms with Gasteiger partial charge in [0.15, 0.2) is 5.72 Å². The molecule has 8 nitrogen and oxygen atoms in total. The minimum Gasteiger partial charge on any atom is -0.467 e. The second kappa shape index (κ2) is 7.87. The summed E-state index contributed by atoms with van der Waals surface area (Å²) >= 11 is 6.01. The van der Waals surface area contributed by atoms with Crippen molar-refractivity contribution >= 4 is 35.2 Å². The van der Waals surface area contributed by atoms with E-state index in [1.54, 1.807) is 29.2 Å². The van der Waals surface area contributed by atoms with Crippen LogP contribution in [0.1, 0.15) is 33.6 Å². The maximum Gasteiger partial charge on any atom is 0.339 e. The van der Waals surface area contributed by atoms with Crippen LogP contribution in [0.2, 0.25) is 5.02 Å². The van der Waals surface area contributed by atoms with Crippen LogP contribution in [0.25, 0.3) is 0 Å². The van der Waals surface area contributed by atoms with Gasteiger partial charge in [-0.1, -0.05) is 23.7 Å². The number of nitrogens with zero attached hydrogens (tertiary/aromatic N) is 1. The molecule has 0 bridgehead atoms. The first-order valence-corrected chi connectivity index (χ1v) is 9.83. The lowest BCUT2D eigenvalue weighted by molar-refractivity contribution is -0.0203. The van der Waals surface area contributed by atoms with Crippen LogP contribution < -0.4 is 15.4 Å². The molecule has 156 valence electrons. The fourth-order valence-electron chi connectivity index (χ4n) is 3.65. The Labute approximate surface area is 178 Å². The highest BCUT2D eigenvalue weighted by Gasteiger charge is 2.43. The Hall–Kier alpha value is -3.26. The molecule has 0 atom stereocenters. The summed E-state index contributed by atoms with van der Waals surface area (Å²) in [6.45, 7) is 0.727. The molecule has 3 amide bonds. The summed E-state index contributed by atoms with van der Waals surface area (Å²) < 4.78 is 10.8. The van der Waals surface area contributed by atoms with Crippen molar-refractivity contribution in [1.29, 1.82) is 0 Å². The van der Waals surface area contributed by atoms with E-state index in [9.17, 15) is 14.4 Å². The summed E-state index contributed by atoms with van der Waals surface area (Å²) in [6.07, 6.45) is 0.861. The van der Waals surface area contributed by atoms with Crippen molar-refractivity contribution in [3.05, 3.63) is 58.6 Å². The first kappa shape index (κ1) is 20.0. The third kappa shape index (κ3) is 3.78. The van der Waals surface area contributed by atoms with E-state index in [1.165, 1.54) is 19.2 Å². The van der Waals surface area contributed by atoms with Crippen LogP contribution >= 0.6 is 11.6 Å². The number of para-hydroxylation sites is 1. The molecule has 2 heterocycles. The van der Waals surface area contributed by atoms with Gasteiger partial charge < -0.3 is 25.0 Å². The Morgan fingerprint density at radius 2 is 1.93 bits per heavy atom. The summed E-state index contributed by atoms with van der Waals surface area (Å²) in [5, 5.41) is 6.05. The molecule has 2 aliphatic heterocycles. The highest BCUT2D eigenvalue weighted by molar-refractivity contribution is 6.31. The molecular formula is C21H20ClN3O5. The predicted octanol–water partition coefficient (Wildman–Crippen LogP) is 3.27. The van der Waals surface area contributed by atoms with Gasteiger partial charge in [0.1, 0.15) is 5.75 Å². The van der Waals surface area contributed by atoms with E-state index in [2.05, 4.69) is 10.6 Å². The van der Waals surface area contributed by atoms with Gasteiger partial charge in [-0.2, -0.15) is 0 Å². The van der Waals surface area contributed by atoms with E-state index in [-0.39, 0.29) is 23.2 Å². The van der Waals surface area contributed by atoms with E-state index in [1.807, 2.05) is 6.07 Å². The van der Waals surface area contributed by atoms with Gasteiger partial charge in [-0.25, -0.2) is 9.59 Å². The largest absolute Gasteiger partial charge is 0.467 e. The van der Waals surface area contributed by atoms with Crippen molar-refractivity contribution in [2.45, 2.75) is 18.6 Å². The molecule has 1 saturated heterocycles. The number of methoxy groups -OCH3 is 1. The number of halogens is 1. The zero-order chi connectivity index (χ0) is 21.3. The van der Waals surface area contributed by atoms with Gasteiger partial charge in [0.25, 0.3) is 5.91 Å². The highest BCUT2D eigenvalue weighted by atomic mass is 35.5. The normalized spacial score (nSPS) is 16.9. The third-order valence-electron chi connectivity index (χ3n) is 5.27. The van der Waals surface area contributed by atoms with Gasteiger partial charge >= 0.3 is 12.0 Å². The Morgan fingerprint density at radius 1 is 1.20 bits per heavy atom. The second-order valence-electron chi connectivity index (χ2n) is 7.15. The van der Waals surface area contributed by atoms with Crippen LogP contribution in [0, 0.1) is 0 Å². The molecule has 0 radical (unpaired) electrons. The van der Waals surface area contributed by atoms with E-state index in [4.69, 9.17) is 21.1 Å². The molecule has 2 aromatic rings. The zero-order valence-electron chi connectivity index (χ0n) is 16.2. The first-order chi connectivity index (χ1) is 14.4. The molecule has 30 heavy (non-hydrogen) atoms. The number of urea groups is 1. The van der Waals surface area contributed by atoms with E-state index >= 15 is 0 Å². The molecule has 0 unspecified atom stereocenters. The van der Waals surface area contributed by atoms with Crippen LogP contribution in [0.4, 0.5) is 10.5 Å². The third-order valence-corrected chi connectivity index (χ3v) is 5.50. The standard InChI is InChI=1S/C21H20ClN3O5/c1-29-19(27)14-7-6-13(22)12-16(14)23-20(28)25-10-8-21(9-11-25)24-18(26)15-4-2-3-5-17(15)30-21/h2-7,12H,8-11H2,1H3,(H,23,28)(H,24,26). The monoisotopic (exact) mass is 429 g/mol. The summed E-state index contributed by atoms with van der Waals surface area (Å²) in [5.41, 5.74) is 0.147. The van der Waals surface area contributed by atoms with Crippen LogP contribution in [0.5, 0.6) is 5.75 Å². The van der Waals surface area contributed by atoms with Gasteiger partial charge in [0, 0.05) is 31.0 Å². The molecule has 4 rings (SSSR count).